The van der Waals surface area contributed by atoms with Crippen molar-refractivity contribution in [3.8, 4) is 0 Å². The van der Waals surface area contributed by atoms with Gasteiger partial charge in [-0.15, -0.1) is 0 Å². The van der Waals surface area contributed by atoms with E-state index in [1.165, 1.54) is 0 Å². The number of ether oxygens (including phenoxy) is 2. The normalized spacial score (nSPS) is 49.2. The molecule has 6 rings (SSSR count). The van der Waals surface area contributed by atoms with Crippen LogP contribution < -0.4 is 0 Å². The molecular formula is C20H22O6. The molecule has 4 heterocycles. The van der Waals surface area contributed by atoms with Crippen LogP contribution in [-0.2, 0) is 19.1 Å². The van der Waals surface area contributed by atoms with Crippen molar-refractivity contribution < 1.29 is 28.6 Å². The third kappa shape index (κ3) is 1.71. The summed E-state index contributed by atoms with van der Waals surface area (Å²) in [7, 11) is 0. The van der Waals surface area contributed by atoms with Crippen LogP contribution in [0.2, 0.25) is 0 Å². The van der Waals surface area contributed by atoms with E-state index in [0.29, 0.717) is 19.3 Å². The molecule has 1 N–H and O–H groups in total. The standard InChI is InChI=1S/C20H22O6/c1-18-9-14(11-5-8-24-10-11)25-16(21)12(18)3-6-19(2)15(18)13-4-7-20(19,23)17(22)26-13/h4-5,7-8,10,12-15,23H,3,6,9H2,1-2H3/t12?,13?,14?,15?,18-,19+,20-/m1/s1. The van der Waals surface area contributed by atoms with Crippen molar-refractivity contribution in [1.29, 1.82) is 0 Å². The van der Waals surface area contributed by atoms with Crippen molar-refractivity contribution >= 4 is 11.9 Å². The number of carbonyl (C=O) groups is 2. The van der Waals surface area contributed by atoms with E-state index in [2.05, 4.69) is 6.92 Å². The van der Waals surface area contributed by atoms with Gasteiger partial charge in [-0.1, -0.05) is 13.8 Å². The highest BCUT2D eigenvalue weighted by Crippen LogP contribution is 2.67. The summed E-state index contributed by atoms with van der Waals surface area (Å²) in [5.74, 6) is -1.20. The van der Waals surface area contributed by atoms with Crippen molar-refractivity contribution in [3.63, 3.8) is 0 Å². The molecule has 6 nitrogen and oxygen atoms in total. The van der Waals surface area contributed by atoms with Crippen LogP contribution >= 0.6 is 0 Å². The maximum atomic E-state index is 12.8. The smallest absolute Gasteiger partial charge is 0.343 e. The summed E-state index contributed by atoms with van der Waals surface area (Å²) < 4.78 is 16.4. The van der Waals surface area contributed by atoms with E-state index < -0.39 is 28.5 Å². The molecule has 1 aromatic rings. The number of esters is 2. The molecule has 2 bridgehead atoms. The number of carbonyl (C=O) groups excluding carboxylic acids is 2. The number of furan rings is 1. The van der Waals surface area contributed by atoms with Gasteiger partial charge in [0, 0.05) is 16.9 Å². The lowest BCUT2D eigenvalue weighted by molar-refractivity contribution is -0.259. The lowest BCUT2D eigenvalue weighted by Gasteiger charge is -2.65. The molecule has 3 aliphatic heterocycles. The Hall–Kier alpha value is -2.08. The predicted octanol–water partition coefficient (Wildman–Crippen LogP) is 2.53. The second-order valence-electron chi connectivity index (χ2n) is 8.67. The Morgan fingerprint density at radius 1 is 1.23 bits per heavy atom. The molecule has 1 aromatic heterocycles. The van der Waals surface area contributed by atoms with Crippen molar-refractivity contribution in [2.24, 2.45) is 22.7 Å². The van der Waals surface area contributed by atoms with E-state index in [4.69, 9.17) is 13.9 Å². The van der Waals surface area contributed by atoms with Gasteiger partial charge < -0.3 is 19.0 Å². The Balaban J connectivity index is 1.61. The molecule has 26 heavy (non-hydrogen) atoms. The lowest BCUT2D eigenvalue weighted by atomic mass is 9.42. The summed E-state index contributed by atoms with van der Waals surface area (Å²) >= 11 is 0. The number of hydrogen-bond donors (Lipinski definition) is 1. The van der Waals surface area contributed by atoms with E-state index in [1.807, 2.05) is 13.0 Å². The highest BCUT2D eigenvalue weighted by molar-refractivity contribution is 5.86. The van der Waals surface area contributed by atoms with Crippen LogP contribution in [0.5, 0.6) is 0 Å². The van der Waals surface area contributed by atoms with Gasteiger partial charge in [-0.05, 0) is 42.9 Å². The Morgan fingerprint density at radius 3 is 2.73 bits per heavy atom. The van der Waals surface area contributed by atoms with Gasteiger partial charge in [0.1, 0.15) is 12.2 Å². The molecule has 0 amide bonds. The van der Waals surface area contributed by atoms with Crippen LogP contribution in [0.25, 0.3) is 0 Å². The molecule has 5 aliphatic rings. The molecule has 0 spiro atoms. The van der Waals surface area contributed by atoms with E-state index in [0.717, 1.165) is 5.56 Å². The summed E-state index contributed by atoms with van der Waals surface area (Å²) in [5, 5.41) is 11.2. The first-order valence-corrected chi connectivity index (χ1v) is 9.15. The third-order valence-corrected chi connectivity index (χ3v) is 7.51. The Morgan fingerprint density at radius 2 is 2.04 bits per heavy atom. The van der Waals surface area contributed by atoms with E-state index in [9.17, 15) is 14.7 Å². The van der Waals surface area contributed by atoms with Gasteiger partial charge in [-0.3, -0.25) is 4.79 Å². The van der Waals surface area contributed by atoms with E-state index in [1.54, 1.807) is 24.7 Å². The first kappa shape index (κ1) is 16.1. The fourth-order valence-electron chi connectivity index (χ4n) is 6.16. The number of cyclic esters (lactones) is 1. The number of rotatable bonds is 1. The number of hydrogen-bond acceptors (Lipinski definition) is 6. The van der Waals surface area contributed by atoms with Crippen molar-refractivity contribution in [2.75, 3.05) is 0 Å². The van der Waals surface area contributed by atoms with Gasteiger partial charge in [-0.2, -0.15) is 0 Å². The van der Waals surface area contributed by atoms with Gasteiger partial charge in [0.25, 0.3) is 0 Å². The Bertz CT molecular complexity index is 812. The minimum absolute atomic E-state index is 0.149. The van der Waals surface area contributed by atoms with Crippen molar-refractivity contribution in [2.45, 2.75) is 50.9 Å². The maximum absolute atomic E-state index is 12.8. The van der Waals surface area contributed by atoms with Crippen LogP contribution in [0.1, 0.15) is 44.8 Å². The average Bonchev–Trinajstić information content (AvgIpc) is 3.10. The number of aliphatic hydroxyl groups is 1. The zero-order valence-corrected chi connectivity index (χ0v) is 14.8. The summed E-state index contributed by atoms with van der Waals surface area (Å²) in [5.41, 5.74) is -1.91. The highest BCUT2D eigenvalue weighted by atomic mass is 16.6. The topological polar surface area (TPSA) is 86.0 Å². The summed E-state index contributed by atoms with van der Waals surface area (Å²) in [6, 6.07) is 1.81. The molecule has 4 unspecified atom stereocenters. The Kier molecular flexibility index (Phi) is 2.97. The van der Waals surface area contributed by atoms with Crippen LogP contribution in [0, 0.1) is 22.7 Å². The zero-order valence-electron chi connectivity index (χ0n) is 14.8. The quantitative estimate of drug-likeness (QED) is 0.613. The van der Waals surface area contributed by atoms with Crippen LogP contribution in [-0.4, -0.2) is 28.8 Å². The van der Waals surface area contributed by atoms with Crippen LogP contribution in [0.3, 0.4) is 0 Å². The molecule has 0 radical (unpaired) electrons. The lowest BCUT2D eigenvalue weighted by Crippen LogP contribution is -2.72. The molecule has 2 saturated heterocycles. The van der Waals surface area contributed by atoms with Crippen LogP contribution in [0.15, 0.2) is 35.2 Å². The minimum Gasteiger partial charge on any atom is -0.472 e. The fraction of sp³-hybridized carbons (Fsp3) is 0.600. The minimum atomic E-state index is -1.63. The summed E-state index contributed by atoms with van der Waals surface area (Å²) in [6.07, 6.45) is 7.52. The second kappa shape index (κ2) is 4.80. The van der Waals surface area contributed by atoms with Gasteiger partial charge >= 0.3 is 11.9 Å². The van der Waals surface area contributed by atoms with Gasteiger partial charge in [0.15, 0.2) is 5.60 Å². The van der Waals surface area contributed by atoms with Gasteiger partial charge in [0.05, 0.1) is 18.4 Å². The van der Waals surface area contributed by atoms with E-state index in [-0.39, 0.29) is 23.9 Å². The van der Waals surface area contributed by atoms with Gasteiger partial charge in [-0.25, -0.2) is 4.79 Å². The SMILES string of the molecule is C[C@@]12CC(c3ccoc3)OC(=O)C1CC[C@@]1(C)C2C2C=C[C@@]1(O)C(=O)O2. The monoisotopic (exact) mass is 358 g/mol. The second-order valence-corrected chi connectivity index (χ2v) is 8.67. The molecule has 7 atom stereocenters. The third-order valence-electron chi connectivity index (χ3n) is 7.51. The first-order valence-electron chi connectivity index (χ1n) is 9.15. The summed E-state index contributed by atoms with van der Waals surface area (Å²) in [4.78, 5) is 25.2. The molecule has 0 aromatic carbocycles. The van der Waals surface area contributed by atoms with Crippen molar-refractivity contribution in [3.05, 3.63) is 36.3 Å². The first-order chi connectivity index (χ1) is 12.3. The maximum Gasteiger partial charge on any atom is 0.343 e. The highest BCUT2D eigenvalue weighted by Gasteiger charge is 2.72. The average molecular weight is 358 g/mol. The summed E-state index contributed by atoms with van der Waals surface area (Å²) in [6.45, 7) is 4.04. The van der Waals surface area contributed by atoms with E-state index >= 15 is 0 Å². The molecule has 3 fully saturated rings. The fourth-order valence-corrected chi connectivity index (χ4v) is 6.16. The Labute approximate surface area is 151 Å². The molecule has 1 saturated carbocycles. The molecular weight excluding hydrogens is 336 g/mol. The van der Waals surface area contributed by atoms with Crippen molar-refractivity contribution in [1.82, 2.24) is 0 Å². The predicted molar refractivity (Wildman–Crippen MR) is 88.6 cm³/mol. The van der Waals surface area contributed by atoms with Crippen LogP contribution in [0.4, 0.5) is 0 Å². The van der Waals surface area contributed by atoms with Gasteiger partial charge in [0.2, 0.25) is 0 Å². The molecule has 6 heteroatoms. The number of fused-ring (bicyclic) bond motifs is 2. The molecule has 138 valence electrons. The zero-order chi connectivity index (χ0) is 18.3. The largest absolute Gasteiger partial charge is 0.472 e. The molecule has 2 aliphatic carbocycles.